The van der Waals surface area contributed by atoms with Crippen molar-refractivity contribution in [2.45, 2.75) is 13.2 Å². The maximum absolute atomic E-state index is 13.6. The molecule has 5 nitrogen and oxygen atoms in total. The number of halogens is 1. The molecule has 0 unspecified atom stereocenters. The highest BCUT2D eigenvalue weighted by atomic mass is 19.1. The first-order valence-corrected chi connectivity index (χ1v) is 5.04. The Morgan fingerprint density at radius 3 is 3.00 bits per heavy atom. The molecule has 0 saturated carbocycles. The Morgan fingerprint density at radius 2 is 2.35 bits per heavy atom. The highest BCUT2D eigenvalue weighted by Crippen LogP contribution is 2.24. The molecule has 2 N–H and O–H groups in total. The summed E-state index contributed by atoms with van der Waals surface area (Å²) in [6.45, 7) is 0.00138. The molecule has 2 aromatic rings. The minimum atomic E-state index is -0.463. The zero-order valence-corrected chi connectivity index (χ0v) is 9.27. The molecule has 90 valence electrons. The lowest BCUT2D eigenvalue weighted by molar-refractivity contribution is 0.178. The fourth-order valence-corrected chi connectivity index (χ4v) is 1.59. The van der Waals surface area contributed by atoms with E-state index in [9.17, 15) is 9.50 Å². The molecule has 0 spiro atoms. The fourth-order valence-electron chi connectivity index (χ4n) is 1.59. The van der Waals surface area contributed by atoms with Crippen molar-refractivity contribution in [3.63, 3.8) is 0 Å². The Kier molecular flexibility index (Phi) is 3.46. The van der Waals surface area contributed by atoms with Gasteiger partial charge in [0.05, 0.1) is 24.6 Å². The normalized spacial score (nSPS) is 10.8. The number of aliphatic hydroxyl groups is 1. The third-order valence-corrected chi connectivity index (χ3v) is 2.39. The van der Waals surface area contributed by atoms with Crippen molar-refractivity contribution >= 4 is 0 Å². The van der Waals surface area contributed by atoms with Crippen molar-refractivity contribution in [1.29, 1.82) is 0 Å². The monoisotopic (exact) mass is 237 g/mol. The van der Waals surface area contributed by atoms with Gasteiger partial charge >= 0.3 is 0 Å². The molecule has 0 radical (unpaired) electrons. The second-order valence-electron chi connectivity index (χ2n) is 3.45. The largest absolute Gasteiger partial charge is 0.392 e. The van der Waals surface area contributed by atoms with E-state index in [0.29, 0.717) is 17.0 Å². The molecule has 2 aromatic heterocycles. The molecular formula is C11H12FN3O2. The van der Waals surface area contributed by atoms with Gasteiger partial charge in [-0.2, -0.15) is 5.10 Å². The molecule has 2 heterocycles. The van der Waals surface area contributed by atoms with Crippen LogP contribution in [0.4, 0.5) is 4.39 Å². The highest BCUT2D eigenvalue weighted by molar-refractivity contribution is 5.60. The molecule has 17 heavy (non-hydrogen) atoms. The zero-order chi connectivity index (χ0) is 12.3. The van der Waals surface area contributed by atoms with Crippen LogP contribution in [0.25, 0.3) is 11.4 Å². The van der Waals surface area contributed by atoms with Gasteiger partial charge in [-0.05, 0) is 12.1 Å². The van der Waals surface area contributed by atoms with Gasteiger partial charge in [-0.3, -0.25) is 10.1 Å². The summed E-state index contributed by atoms with van der Waals surface area (Å²) in [7, 11) is 1.52. The predicted molar refractivity (Wildman–Crippen MR) is 58.4 cm³/mol. The van der Waals surface area contributed by atoms with Crippen LogP contribution in [0.15, 0.2) is 18.3 Å². The minimum absolute atomic E-state index is 0.145. The topological polar surface area (TPSA) is 71.0 Å². The van der Waals surface area contributed by atoms with E-state index in [1.807, 2.05) is 0 Å². The second-order valence-corrected chi connectivity index (χ2v) is 3.45. The SMILES string of the molecule is COCc1n[nH]c(-c2ncccc2F)c1CO. The molecule has 0 fully saturated rings. The summed E-state index contributed by atoms with van der Waals surface area (Å²) in [5, 5.41) is 16.0. The minimum Gasteiger partial charge on any atom is -0.392 e. The molecule has 0 atom stereocenters. The van der Waals surface area contributed by atoms with Crippen LogP contribution in [0, 0.1) is 5.82 Å². The smallest absolute Gasteiger partial charge is 0.151 e. The summed E-state index contributed by atoms with van der Waals surface area (Å²) in [6, 6.07) is 2.81. The van der Waals surface area contributed by atoms with Crippen LogP contribution < -0.4 is 0 Å². The summed E-state index contributed by atoms with van der Waals surface area (Å²) >= 11 is 0. The molecule has 0 aromatic carbocycles. The number of ether oxygens (including phenoxy) is 1. The molecule has 2 rings (SSSR count). The van der Waals surface area contributed by atoms with E-state index in [-0.39, 0.29) is 18.9 Å². The average molecular weight is 237 g/mol. The first-order chi connectivity index (χ1) is 8.27. The maximum Gasteiger partial charge on any atom is 0.151 e. The number of pyridine rings is 1. The highest BCUT2D eigenvalue weighted by Gasteiger charge is 2.17. The number of H-pyrrole nitrogens is 1. The van der Waals surface area contributed by atoms with Gasteiger partial charge in [0.25, 0.3) is 0 Å². The van der Waals surface area contributed by atoms with Crippen LogP contribution in [0.2, 0.25) is 0 Å². The predicted octanol–water partition coefficient (Wildman–Crippen LogP) is 1.25. The van der Waals surface area contributed by atoms with E-state index in [0.717, 1.165) is 0 Å². The van der Waals surface area contributed by atoms with Crippen LogP contribution in [0.3, 0.4) is 0 Å². The van der Waals surface area contributed by atoms with Gasteiger partial charge in [-0.15, -0.1) is 0 Å². The van der Waals surface area contributed by atoms with Crippen LogP contribution in [0.5, 0.6) is 0 Å². The van der Waals surface area contributed by atoms with Crippen LogP contribution in [0.1, 0.15) is 11.3 Å². The van der Waals surface area contributed by atoms with Gasteiger partial charge in [0, 0.05) is 18.9 Å². The van der Waals surface area contributed by atoms with Crippen molar-refractivity contribution in [1.82, 2.24) is 15.2 Å². The lowest BCUT2D eigenvalue weighted by atomic mass is 10.1. The van der Waals surface area contributed by atoms with Crippen molar-refractivity contribution in [3.05, 3.63) is 35.4 Å². The summed E-state index contributed by atoms with van der Waals surface area (Å²) in [6.07, 6.45) is 1.48. The molecule has 0 saturated heterocycles. The number of rotatable bonds is 4. The van der Waals surface area contributed by atoms with Crippen molar-refractivity contribution in [2.24, 2.45) is 0 Å². The second kappa shape index (κ2) is 5.03. The molecular weight excluding hydrogens is 225 g/mol. The molecule has 0 aliphatic heterocycles. The zero-order valence-electron chi connectivity index (χ0n) is 9.27. The number of hydrogen-bond acceptors (Lipinski definition) is 4. The number of hydrogen-bond donors (Lipinski definition) is 2. The number of nitrogens with zero attached hydrogens (tertiary/aromatic N) is 2. The maximum atomic E-state index is 13.6. The Bertz CT molecular complexity index is 513. The summed E-state index contributed by atoms with van der Waals surface area (Å²) in [4.78, 5) is 3.93. The third kappa shape index (κ3) is 2.17. The van der Waals surface area contributed by atoms with Crippen molar-refractivity contribution in [3.8, 4) is 11.4 Å². The summed E-state index contributed by atoms with van der Waals surface area (Å²) in [5.74, 6) is -0.463. The van der Waals surface area contributed by atoms with Gasteiger partial charge in [-0.1, -0.05) is 0 Å². The number of aromatic amines is 1. The third-order valence-electron chi connectivity index (χ3n) is 2.39. The average Bonchev–Trinajstić information content (AvgIpc) is 2.73. The Balaban J connectivity index is 2.49. The van der Waals surface area contributed by atoms with Crippen LogP contribution >= 0.6 is 0 Å². The van der Waals surface area contributed by atoms with Crippen LogP contribution in [-0.2, 0) is 18.0 Å². The van der Waals surface area contributed by atoms with Crippen molar-refractivity contribution < 1.29 is 14.2 Å². The van der Waals surface area contributed by atoms with E-state index in [1.165, 1.54) is 25.4 Å². The van der Waals surface area contributed by atoms with Crippen molar-refractivity contribution in [2.75, 3.05) is 7.11 Å². The first kappa shape index (κ1) is 11.7. The van der Waals surface area contributed by atoms with Gasteiger partial charge in [0.1, 0.15) is 5.69 Å². The number of aliphatic hydroxyl groups excluding tert-OH is 1. The first-order valence-electron chi connectivity index (χ1n) is 5.04. The quantitative estimate of drug-likeness (QED) is 0.839. The lowest BCUT2D eigenvalue weighted by Gasteiger charge is -2.02. The number of methoxy groups -OCH3 is 1. The molecule has 6 heteroatoms. The van der Waals surface area contributed by atoms with E-state index in [4.69, 9.17) is 4.74 Å². The standard InChI is InChI=1S/C11H12FN3O2/c1-17-6-9-7(5-16)10(15-14-9)11-8(12)3-2-4-13-11/h2-4,16H,5-6H2,1H3,(H,14,15). The van der Waals surface area contributed by atoms with E-state index in [1.54, 1.807) is 0 Å². The Labute approximate surface area is 97.3 Å². The van der Waals surface area contributed by atoms with Gasteiger partial charge in [-0.25, -0.2) is 4.39 Å². The van der Waals surface area contributed by atoms with Gasteiger partial charge in [0.2, 0.25) is 0 Å². The van der Waals surface area contributed by atoms with Gasteiger partial charge < -0.3 is 9.84 Å². The Morgan fingerprint density at radius 1 is 1.53 bits per heavy atom. The molecule has 0 amide bonds. The summed E-state index contributed by atoms with van der Waals surface area (Å²) in [5.41, 5.74) is 1.59. The lowest BCUT2D eigenvalue weighted by Crippen LogP contribution is -1.96. The fraction of sp³-hybridized carbons (Fsp3) is 0.273. The molecule has 0 bridgehead atoms. The molecule has 0 aliphatic carbocycles. The number of nitrogens with one attached hydrogen (secondary N) is 1. The van der Waals surface area contributed by atoms with E-state index < -0.39 is 5.82 Å². The van der Waals surface area contributed by atoms with Gasteiger partial charge in [0.15, 0.2) is 5.82 Å². The van der Waals surface area contributed by atoms with Crippen LogP contribution in [-0.4, -0.2) is 27.4 Å². The van der Waals surface area contributed by atoms with E-state index in [2.05, 4.69) is 15.2 Å². The number of aromatic nitrogens is 3. The molecule has 0 aliphatic rings. The van der Waals surface area contributed by atoms with E-state index >= 15 is 0 Å². The summed E-state index contributed by atoms with van der Waals surface area (Å²) < 4.78 is 18.5. The Hall–Kier alpha value is -1.79.